The Kier molecular flexibility index (Phi) is 3.29. The molecule has 2 N–H and O–H groups in total. The molecule has 0 spiro atoms. The van der Waals surface area contributed by atoms with E-state index in [1.54, 1.807) is 24.1 Å². The summed E-state index contributed by atoms with van der Waals surface area (Å²) in [6.45, 7) is 2.04. The molecule has 0 aliphatic carbocycles. The fourth-order valence-electron chi connectivity index (χ4n) is 2.50. The van der Waals surface area contributed by atoms with E-state index in [-0.39, 0.29) is 5.91 Å². The molecule has 0 saturated carbocycles. The molecule has 1 aliphatic rings. The molecule has 0 bridgehead atoms. The molecule has 108 valence electrons. The van der Waals surface area contributed by atoms with Gasteiger partial charge in [-0.15, -0.1) is 0 Å². The van der Waals surface area contributed by atoms with Crippen LogP contribution in [0.2, 0.25) is 0 Å². The molecule has 3 rings (SSSR count). The standard InChI is InChI=1S/C17H18N2O2/c1-11-3-5-12(6-4-11)9-16-17(20)19(2)14-10-13(18)7-8-15(14)21-16/h3-8,10,16H,9,18H2,1-2H3. The number of nitrogens with zero attached hydrogens (tertiary/aromatic N) is 1. The number of fused-ring (bicyclic) bond motifs is 1. The van der Waals surface area contributed by atoms with Gasteiger partial charge in [-0.25, -0.2) is 0 Å². The summed E-state index contributed by atoms with van der Waals surface area (Å²) >= 11 is 0. The highest BCUT2D eigenvalue weighted by Crippen LogP contribution is 2.35. The number of amides is 1. The topological polar surface area (TPSA) is 55.6 Å². The molecule has 1 aliphatic heterocycles. The molecule has 2 aromatic rings. The molecule has 0 aromatic heterocycles. The van der Waals surface area contributed by atoms with Gasteiger partial charge in [0.2, 0.25) is 0 Å². The number of hydrogen-bond donors (Lipinski definition) is 1. The quantitative estimate of drug-likeness (QED) is 0.861. The Morgan fingerprint density at radius 1 is 1.19 bits per heavy atom. The predicted octanol–water partition coefficient (Wildman–Crippen LogP) is 2.54. The highest BCUT2D eigenvalue weighted by molar-refractivity contribution is 6.00. The van der Waals surface area contributed by atoms with E-state index in [0.717, 1.165) is 11.3 Å². The summed E-state index contributed by atoms with van der Waals surface area (Å²) in [7, 11) is 1.76. The van der Waals surface area contributed by atoms with Gasteiger partial charge in [0.1, 0.15) is 5.75 Å². The van der Waals surface area contributed by atoms with Gasteiger partial charge in [0.15, 0.2) is 6.10 Å². The largest absolute Gasteiger partial charge is 0.478 e. The Morgan fingerprint density at radius 2 is 1.90 bits per heavy atom. The molecule has 21 heavy (non-hydrogen) atoms. The minimum Gasteiger partial charge on any atom is -0.478 e. The van der Waals surface area contributed by atoms with Crippen LogP contribution >= 0.6 is 0 Å². The van der Waals surface area contributed by atoms with E-state index < -0.39 is 6.10 Å². The van der Waals surface area contributed by atoms with E-state index in [1.165, 1.54) is 5.56 Å². The lowest BCUT2D eigenvalue weighted by Crippen LogP contribution is -2.44. The number of nitrogens with two attached hydrogens (primary N) is 1. The molecule has 1 unspecified atom stereocenters. The van der Waals surface area contributed by atoms with Crippen LogP contribution in [0.1, 0.15) is 11.1 Å². The molecular weight excluding hydrogens is 264 g/mol. The van der Waals surface area contributed by atoms with Gasteiger partial charge in [-0.2, -0.15) is 0 Å². The van der Waals surface area contributed by atoms with Crippen molar-refractivity contribution in [2.75, 3.05) is 17.7 Å². The van der Waals surface area contributed by atoms with Crippen molar-refractivity contribution < 1.29 is 9.53 Å². The molecule has 0 saturated heterocycles. The van der Waals surface area contributed by atoms with Gasteiger partial charge in [0.05, 0.1) is 5.69 Å². The SMILES string of the molecule is Cc1ccc(CC2Oc3ccc(N)cc3N(C)C2=O)cc1. The second kappa shape index (κ2) is 5.13. The summed E-state index contributed by atoms with van der Waals surface area (Å²) < 4.78 is 5.86. The number of rotatable bonds is 2. The minimum absolute atomic E-state index is 0.0475. The van der Waals surface area contributed by atoms with Crippen molar-refractivity contribution in [1.82, 2.24) is 0 Å². The van der Waals surface area contributed by atoms with E-state index >= 15 is 0 Å². The van der Waals surface area contributed by atoms with Gasteiger partial charge >= 0.3 is 0 Å². The van der Waals surface area contributed by atoms with Crippen LogP contribution in [-0.4, -0.2) is 19.1 Å². The molecule has 4 nitrogen and oxygen atoms in total. The van der Waals surface area contributed by atoms with Crippen LogP contribution < -0.4 is 15.4 Å². The lowest BCUT2D eigenvalue weighted by molar-refractivity contribution is -0.125. The number of ether oxygens (including phenoxy) is 1. The van der Waals surface area contributed by atoms with E-state index in [4.69, 9.17) is 10.5 Å². The molecule has 4 heteroatoms. The smallest absolute Gasteiger partial charge is 0.268 e. The number of carbonyl (C=O) groups is 1. The molecule has 1 heterocycles. The second-order valence-corrected chi connectivity index (χ2v) is 5.42. The van der Waals surface area contributed by atoms with Crippen LogP contribution in [0, 0.1) is 6.92 Å². The first kappa shape index (κ1) is 13.5. The van der Waals surface area contributed by atoms with E-state index in [1.807, 2.05) is 37.3 Å². The summed E-state index contributed by atoms with van der Waals surface area (Å²) in [6.07, 6.45) is 0.0709. The van der Waals surface area contributed by atoms with Crippen molar-refractivity contribution in [2.24, 2.45) is 0 Å². The van der Waals surface area contributed by atoms with Crippen molar-refractivity contribution in [3.05, 3.63) is 53.6 Å². The monoisotopic (exact) mass is 282 g/mol. The van der Waals surface area contributed by atoms with E-state index in [9.17, 15) is 4.79 Å². The number of carbonyl (C=O) groups excluding carboxylic acids is 1. The van der Waals surface area contributed by atoms with Gasteiger partial charge in [-0.1, -0.05) is 29.8 Å². The maximum atomic E-state index is 12.4. The lowest BCUT2D eigenvalue weighted by Gasteiger charge is -2.32. The fraction of sp³-hybridized carbons (Fsp3) is 0.235. The summed E-state index contributed by atoms with van der Waals surface area (Å²) in [5.74, 6) is 0.650. The average Bonchev–Trinajstić information content (AvgIpc) is 2.47. The maximum absolute atomic E-state index is 12.4. The molecule has 0 fully saturated rings. The maximum Gasteiger partial charge on any atom is 0.268 e. The second-order valence-electron chi connectivity index (χ2n) is 5.42. The van der Waals surface area contributed by atoms with Crippen LogP contribution in [0.25, 0.3) is 0 Å². The van der Waals surface area contributed by atoms with Gasteiger partial charge < -0.3 is 15.4 Å². The summed E-state index contributed by atoms with van der Waals surface area (Å²) in [5, 5.41) is 0. The van der Waals surface area contributed by atoms with Crippen molar-refractivity contribution in [2.45, 2.75) is 19.4 Å². The fourth-order valence-corrected chi connectivity index (χ4v) is 2.50. The molecule has 1 amide bonds. The zero-order chi connectivity index (χ0) is 15.0. The Labute approximate surface area is 124 Å². The highest BCUT2D eigenvalue weighted by Gasteiger charge is 2.32. The number of likely N-dealkylation sites (N-methyl/N-ethyl adjacent to an activating group) is 1. The first-order valence-corrected chi connectivity index (χ1v) is 6.94. The van der Waals surface area contributed by atoms with Crippen LogP contribution in [0.15, 0.2) is 42.5 Å². The number of anilines is 2. The molecule has 0 radical (unpaired) electrons. The number of benzene rings is 2. The van der Waals surface area contributed by atoms with Crippen LogP contribution in [0.5, 0.6) is 5.75 Å². The van der Waals surface area contributed by atoms with Gasteiger partial charge in [-0.05, 0) is 30.7 Å². The third-order valence-corrected chi connectivity index (χ3v) is 3.76. The highest BCUT2D eigenvalue weighted by atomic mass is 16.5. The summed E-state index contributed by atoms with van der Waals surface area (Å²) in [4.78, 5) is 14.0. The van der Waals surface area contributed by atoms with Gasteiger partial charge in [-0.3, -0.25) is 4.79 Å². The number of hydrogen-bond acceptors (Lipinski definition) is 3. The third kappa shape index (κ3) is 2.57. The Morgan fingerprint density at radius 3 is 2.62 bits per heavy atom. The zero-order valence-corrected chi connectivity index (χ0v) is 12.2. The van der Waals surface area contributed by atoms with Crippen molar-refractivity contribution in [3.63, 3.8) is 0 Å². The predicted molar refractivity (Wildman–Crippen MR) is 83.6 cm³/mol. The van der Waals surface area contributed by atoms with Crippen molar-refractivity contribution in [1.29, 1.82) is 0 Å². The van der Waals surface area contributed by atoms with Gasteiger partial charge in [0.25, 0.3) is 5.91 Å². The third-order valence-electron chi connectivity index (χ3n) is 3.76. The Hall–Kier alpha value is -2.49. The molecular formula is C17H18N2O2. The average molecular weight is 282 g/mol. The normalized spacial score (nSPS) is 17.3. The Bertz CT molecular complexity index is 680. The first-order chi connectivity index (χ1) is 10.0. The van der Waals surface area contributed by atoms with Crippen LogP contribution in [0.3, 0.4) is 0 Å². The van der Waals surface area contributed by atoms with Crippen molar-refractivity contribution >= 4 is 17.3 Å². The number of nitrogen functional groups attached to an aromatic ring is 1. The lowest BCUT2D eigenvalue weighted by atomic mass is 10.0. The summed E-state index contributed by atoms with van der Waals surface area (Å²) in [6, 6.07) is 13.5. The minimum atomic E-state index is -0.492. The zero-order valence-electron chi connectivity index (χ0n) is 12.2. The summed E-state index contributed by atoms with van der Waals surface area (Å²) in [5.41, 5.74) is 9.40. The number of aryl methyl sites for hydroxylation is 1. The Balaban J connectivity index is 1.86. The molecule has 1 atom stereocenters. The van der Waals surface area contributed by atoms with Crippen LogP contribution in [-0.2, 0) is 11.2 Å². The molecule has 2 aromatic carbocycles. The first-order valence-electron chi connectivity index (χ1n) is 6.94. The van der Waals surface area contributed by atoms with E-state index in [0.29, 0.717) is 17.9 Å². The van der Waals surface area contributed by atoms with Gasteiger partial charge in [0, 0.05) is 19.2 Å². The van der Waals surface area contributed by atoms with Crippen LogP contribution in [0.4, 0.5) is 11.4 Å². The van der Waals surface area contributed by atoms with Crippen molar-refractivity contribution in [3.8, 4) is 5.75 Å². The van der Waals surface area contributed by atoms with E-state index in [2.05, 4.69) is 0 Å².